The van der Waals surface area contributed by atoms with Gasteiger partial charge >= 0.3 is 0 Å². The molecule has 2 aromatic carbocycles. The molecule has 27 heavy (non-hydrogen) atoms. The number of benzene rings is 2. The Labute approximate surface area is 153 Å². The average molecular weight is 360 g/mol. The summed E-state index contributed by atoms with van der Waals surface area (Å²) in [7, 11) is 0. The van der Waals surface area contributed by atoms with Crippen molar-refractivity contribution in [3.63, 3.8) is 0 Å². The summed E-state index contributed by atoms with van der Waals surface area (Å²) in [5.74, 6) is -0.0496. The average Bonchev–Trinajstić information content (AvgIpc) is 3.41. The van der Waals surface area contributed by atoms with Gasteiger partial charge in [-0.05, 0) is 19.1 Å². The quantitative estimate of drug-likeness (QED) is 0.447. The monoisotopic (exact) mass is 360 g/mol. The van der Waals surface area contributed by atoms with Crippen molar-refractivity contribution >= 4 is 38.9 Å². The molecule has 5 rings (SSSR count). The maximum atomic E-state index is 12.7. The molecule has 1 N–H and O–H groups in total. The normalized spacial score (nSPS) is 18.9. The van der Waals surface area contributed by atoms with Crippen LogP contribution in [0.25, 0.3) is 27.3 Å². The number of hydrogen-bond donors (Lipinski definition) is 1. The number of carbonyl (C=O) groups excluding carboxylic acids is 1. The van der Waals surface area contributed by atoms with Crippen molar-refractivity contribution in [1.29, 1.82) is 0 Å². The summed E-state index contributed by atoms with van der Waals surface area (Å²) < 4.78 is 2.03. The van der Waals surface area contributed by atoms with E-state index < -0.39 is 12.0 Å². The first-order valence-electron chi connectivity index (χ1n) is 8.79. The molecule has 2 unspecified atom stereocenters. The van der Waals surface area contributed by atoms with Gasteiger partial charge in [0.15, 0.2) is 0 Å². The van der Waals surface area contributed by atoms with Crippen molar-refractivity contribution in [3.8, 4) is 0 Å². The minimum absolute atomic E-state index is 0.296. The second-order valence-corrected chi connectivity index (χ2v) is 6.94. The zero-order valence-corrected chi connectivity index (χ0v) is 14.5. The third-order valence-corrected chi connectivity index (χ3v) is 5.25. The fraction of sp³-hybridized carbons (Fsp3) is 0.200. The number of nitro groups is 1. The molecule has 0 spiro atoms. The predicted octanol–water partition coefficient (Wildman–Crippen LogP) is 3.55. The summed E-state index contributed by atoms with van der Waals surface area (Å²) in [6, 6.07) is 14.8. The number of rotatable bonds is 3. The Bertz CT molecular complexity index is 1260. The maximum absolute atomic E-state index is 12.7. The first-order valence-corrected chi connectivity index (χ1v) is 8.79. The van der Waals surface area contributed by atoms with Crippen LogP contribution >= 0.6 is 0 Å². The minimum atomic E-state index is -0.773. The van der Waals surface area contributed by atoms with Gasteiger partial charge in [-0.3, -0.25) is 19.3 Å². The van der Waals surface area contributed by atoms with E-state index in [0.29, 0.717) is 12.1 Å². The van der Waals surface area contributed by atoms with Crippen LogP contribution in [-0.4, -0.2) is 26.3 Å². The van der Waals surface area contributed by atoms with E-state index in [9.17, 15) is 14.9 Å². The van der Waals surface area contributed by atoms with Gasteiger partial charge in [0, 0.05) is 22.1 Å². The highest BCUT2D eigenvalue weighted by Crippen LogP contribution is 2.39. The second kappa shape index (κ2) is 5.51. The van der Waals surface area contributed by atoms with Gasteiger partial charge in [-0.15, -0.1) is 0 Å². The highest BCUT2D eigenvalue weighted by Gasteiger charge is 2.53. The molecular formula is C20H16N4O3. The van der Waals surface area contributed by atoms with Gasteiger partial charge in [0.05, 0.1) is 22.2 Å². The van der Waals surface area contributed by atoms with Gasteiger partial charge in [0.2, 0.25) is 11.9 Å². The van der Waals surface area contributed by atoms with E-state index in [-0.39, 0.29) is 10.8 Å². The van der Waals surface area contributed by atoms with Crippen LogP contribution in [-0.2, 0) is 4.79 Å². The van der Waals surface area contributed by atoms with Crippen molar-refractivity contribution in [2.75, 3.05) is 5.32 Å². The molecule has 7 nitrogen and oxygen atoms in total. The molecule has 2 heterocycles. The Kier molecular flexibility index (Phi) is 3.21. The van der Waals surface area contributed by atoms with Crippen LogP contribution in [0.2, 0.25) is 0 Å². The maximum Gasteiger partial charge on any atom is 0.234 e. The van der Waals surface area contributed by atoms with Crippen LogP contribution in [0.1, 0.15) is 12.2 Å². The van der Waals surface area contributed by atoms with Crippen LogP contribution < -0.4 is 5.32 Å². The minimum Gasteiger partial charge on any atom is -0.323 e. The number of aromatic nitrogens is 2. The molecule has 0 saturated heterocycles. The fourth-order valence-electron chi connectivity index (χ4n) is 3.87. The lowest BCUT2D eigenvalue weighted by molar-refractivity contribution is -0.497. The molecular weight excluding hydrogens is 344 g/mol. The van der Waals surface area contributed by atoms with E-state index >= 15 is 0 Å². The molecule has 1 saturated carbocycles. The van der Waals surface area contributed by atoms with E-state index in [4.69, 9.17) is 4.98 Å². The number of carbonyl (C=O) groups is 1. The van der Waals surface area contributed by atoms with Gasteiger partial charge < -0.3 is 5.32 Å². The third kappa shape index (κ3) is 2.28. The molecule has 134 valence electrons. The summed E-state index contributed by atoms with van der Waals surface area (Å²) in [4.78, 5) is 27.9. The number of nitrogens with one attached hydrogen (secondary N) is 1. The van der Waals surface area contributed by atoms with E-state index in [1.54, 1.807) is 0 Å². The second-order valence-electron chi connectivity index (χ2n) is 6.94. The van der Waals surface area contributed by atoms with Crippen LogP contribution in [0.5, 0.6) is 0 Å². The van der Waals surface area contributed by atoms with Gasteiger partial charge in [0.25, 0.3) is 0 Å². The molecule has 0 radical (unpaired) electrons. The van der Waals surface area contributed by atoms with E-state index in [0.717, 1.165) is 33.1 Å². The smallest absolute Gasteiger partial charge is 0.234 e. The molecule has 1 aliphatic carbocycles. The lowest BCUT2D eigenvalue weighted by atomic mass is 10.1. The third-order valence-electron chi connectivity index (χ3n) is 5.25. The largest absolute Gasteiger partial charge is 0.323 e. The lowest BCUT2D eigenvalue weighted by Crippen LogP contribution is -2.18. The summed E-state index contributed by atoms with van der Waals surface area (Å²) in [5.41, 5.74) is 3.34. The topological polar surface area (TPSA) is 89.5 Å². The van der Waals surface area contributed by atoms with Crippen molar-refractivity contribution in [2.45, 2.75) is 19.4 Å². The first kappa shape index (κ1) is 15.7. The number of nitrogens with zero attached hydrogens (tertiary/aromatic N) is 3. The fourth-order valence-corrected chi connectivity index (χ4v) is 3.87. The van der Waals surface area contributed by atoms with Gasteiger partial charge in [0.1, 0.15) is 11.7 Å². The van der Waals surface area contributed by atoms with E-state index in [2.05, 4.69) is 5.32 Å². The molecule has 1 amide bonds. The summed E-state index contributed by atoms with van der Waals surface area (Å²) in [6.07, 6.45) is 0.296. The lowest BCUT2D eigenvalue weighted by Gasteiger charge is -2.08. The molecule has 0 bridgehead atoms. The van der Waals surface area contributed by atoms with Crippen LogP contribution in [0, 0.1) is 23.0 Å². The van der Waals surface area contributed by atoms with Crippen molar-refractivity contribution in [1.82, 2.24) is 9.38 Å². The van der Waals surface area contributed by atoms with Gasteiger partial charge in [-0.25, -0.2) is 4.98 Å². The standard InChI is InChI=1S/C20H16N4O3/c1-11-21-15-8-4-2-6-12(15)19-18(13-7-3-5-9-16(13)23(11)19)22-20(25)14-10-17(14)24(26)27/h2-9,14,17H,10H2,1H3,(H,22,25). The predicted molar refractivity (Wildman–Crippen MR) is 102 cm³/mol. The summed E-state index contributed by atoms with van der Waals surface area (Å²) in [5, 5.41) is 15.7. The van der Waals surface area contributed by atoms with E-state index in [1.807, 2.05) is 59.9 Å². The van der Waals surface area contributed by atoms with E-state index in [1.165, 1.54) is 0 Å². The number of hydrogen-bond acceptors (Lipinski definition) is 4. The molecule has 4 aromatic rings. The van der Waals surface area contributed by atoms with Crippen LogP contribution in [0.15, 0.2) is 48.5 Å². The summed E-state index contributed by atoms with van der Waals surface area (Å²) >= 11 is 0. The zero-order chi connectivity index (χ0) is 18.7. The Hall–Kier alpha value is -3.48. The molecule has 2 atom stereocenters. The van der Waals surface area contributed by atoms with Crippen molar-refractivity contribution in [2.24, 2.45) is 5.92 Å². The Balaban J connectivity index is 1.77. The number of fused-ring (bicyclic) bond motifs is 5. The number of aryl methyl sites for hydroxylation is 1. The molecule has 1 fully saturated rings. The first-order chi connectivity index (χ1) is 13.1. The van der Waals surface area contributed by atoms with Crippen LogP contribution in [0.3, 0.4) is 0 Å². The Morgan fingerprint density at radius 1 is 1.19 bits per heavy atom. The molecule has 2 aromatic heterocycles. The Morgan fingerprint density at radius 3 is 2.63 bits per heavy atom. The molecule has 0 aliphatic heterocycles. The molecule has 7 heteroatoms. The van der Waals surface area contributed by atoms with Crippen molar-refractivity contribution < 1.29 is 9.72 Å². The van der Waals surface area contributed by atoms with Crippen LogP contribution in [0.4, 0.5) is 5.69 Å². The number of para-hydroxylation sites is 2. The van der Waals surface area contributed by atoms with Gasteiger partial charge in [-0.2, -0.15) is 0 Å². The molecule has 1 aliphatic rings. The zero-order valence-electron chi connectivity index (χ0n) is 14.5. The number of amides is 1. The highest BCUT2D eigenvalue weighted by atomic mass is 16.6. The van der Waals surface area contributed by atoms with Crippen molar-refractivity contribution in [3.05, 3.63) is 64.5 Å². The summed E-state index contributed by atoms with van der Waals surface area (Å²) in [6.45, 7) is 1.93. The van der Waals surface area contributed by atoms with Gasteiger partial charge in [-0.1, -0.05) is 36.4 Å². The SMILES string of the molecule is Cc1nc2ccccc2c2c(NC(=O)C3CC3[N+](=O)[O-])c3ccccc3n12. The Morgan fingerprint density at radius 2 is 1.89 bits per heavy atom. The highest BCUT2D eigenvalue weighted by molar-refractivity contribution is 6.16. The number of anilines is 1.